The van der Waals surface area contributed by atoms with Crippen molar-refractivity contribution in [3.63, 3.8) is 0 Å². The van der Waals surface area contributed by atoms with Gasteiger partial charge in [0.2, 0.25) is 0 Å². The molecule has 1 amide bonds. The quantitative estimate of drug-likeness (QED) is 0.710. The lowest BCUT2D eigenvalue weighted by Crippen LogP contribution is -2.47. The molecule has 0 unspecified atom stereocenters. The Hall–Kier alpha value is -2.57. The van der Waals surface area contributed by atoms with Gasteiger partial charge in [-0.05, 0) is 55.0 Å². The van der Waals surface area contributed by atoms with Gasteiger partial charge in [0.1, 0.15) is 5.75 Å². The van der Waals surface area contributed by atoms with Gasteiger partial charge in [0.25, 0.3) is 5.91 Å². The SMILES string of the molecule is O=C1NC2(CC2)c2ccc(OCCCN3CCN(c4cccc5c4COCC5)CC3)cc21. The van der Waals surface area contributed by atoms with Gasteiger partial charge >= 0.3 is 0 Å². The predicted molar refractivity (Wildman–Crippen MR) is 123 cm³/mol. The number of carbonyl (C=O) groups is 1. The van der Waals surface area contributed by atoms with Gasteiger partial charge in [-0.3, -0.25) is 9.69 Å². The van der Waals surface area contributed by atoms with Gasteiger partial charge in [-0.1, -0.05) is 18.2 Å². The Balaban J connectivity index is 0.976. The van der Waals surface area contributed by atoms with E-state index in [2.05, 4.69) is 39.4 Å². The lowest BCUT2D eigenvalue weighted by atomic mass is 10.0. The number of nitrogens with zero attached hydrogens (tertiary/aromatic N) is 2. The van der Waals surface area contributed by atoms with Crippen molar-refractivity contribution in [2.75, 3.05) is 50.8 Å². The standard InChI is InChI=1S/C26H31N3O3/c30-25-21-17-20(5-6-23(21)26(27-25)8-9-26)32-15-2-10-28-11-13-29(14-12-28)24-4-1-3-19-7-16-31-18-22(19)24/h1,3-6,17H,2,7-16,18H2,(H,27,30). The van der Waals surface area contributed by atoms with E-state index in [0.717, 1.165) is 88.5 Å². The summed E-state index contributed by atoms with van der Waals surface area (Å²) in [6.07, 6.45) is 4.13. The fraction of sp³-hybridized carbons (Fsp3) is 0.500. The average molecular weight is 434 g/mol. The van der Waals surface area contributed by atoms with Crippen molar-refractivity contribution >= 4 is 11.6 Å². The molecule has 1 N–H and O–H groups in total. The Morgan fingerprint density at radius 1 is 1.09 bits per heavy atom. The van der Waals surface area contributed by atoms with Gasteiger partial charge in [-0.25, -0.2) is 0 Å². The van der Waals surface area contributed by atoms with Crippen molar-refractivity contribution in [3.05, 3.63) is 58.7 Å². The molecule has 1 aliphatic carbocycles. The Kier molecular flexibility index (Phi) is 5.07. The molecule has 6 heteroatoms. The van der Waals surface area contributed by atoms with Crippen molar-refractivity contribution in [2.45, 2.75) is 37.8 Å². The number of hydrogen-bond acceptors (Lipinski definition) is 5. The highest BCUT2D eigenvalue weighted by atomic mass is 16.5. The van der Waals surface area contributed by atoms with Crippen molar-refractivity contribution in [2.24, 2.45) is 0 Å². The van der Waals surface area contributed by atoms with E-state index in [9.17, 15) is 4.79 Å². The third-order valence-corrected chi connectivity index (χ3v) is 7.46. The van der Waals surface area contributed by atoms with Crippen LogP contribution in [0.3, 0.4) is 0 Å². The summed E-state index contributed by atoms with van der Waals surface area (Å²) in [5.74, 6) is 0.851. The molecule has 2 aromatic rings. The van der Waals surface area contributed by atoms with Gasteiger partial charge in [-0.2, -0.15) is 0 Å². The van der Waals surface area contributed by atoms with Crippen LogP contribution in [0, 0.1) is 0 Å². The second-order valence-corrected chi connectivity index (χ2v) is 9.49. The summed E-state index contributed by atoms with van der Waals surface area (Å²) in [6, 6.07) is 12.7. The molecule has 2 fully saturated rings. The van der Waals surface area contributed by atoms with Crippen LogP contribution in [0.15, 0.2) is 36.4 Å². The second kappa shape index (κ2) is 8.09. The number of rotatable bonds is 6. The van der Waals surface area contributed by atoms with Crippen LogP contribution in [0.1, 0.15) is 46.3 Å². The van der Waals surface area contributed by atoms with E-state index in [1.54, 1.807) is 0 Å². The molecule has 1 saturated heterocycles. The number of anilines is 1. The summed E-state index contributed by atoms with van der Waals surface area (Å²) in [7, 11) is 0. The average Bonchev–Trinajstić information content (AvgIpc) is 3.56. The van der Waals surface area contributed by atoms with Crippen LogP contribution in [0.2, 0.25) is 0 Å². The number of ether oxygens (including phenoxy) is 2. The Morgan fingerprint density at radius 2 is 1.97 bits per heavy atom. The fourth-order valence-corrected chi connectivity index (χ4v) is 5.45. The molecular weight excluding hydrogens is 402 g/mol. The second-order valence-electron chi connectivity index (χ2n) is 9.49. The molecule has 6 rings (SSSR count). The summed E-state index contributed by atoms with van der Waals surface area (Å²) >= 11 is 0. The maximum atomic E-state index is 12.2. The Morgan fingerprint density at radius 3 is 2.81 bits per heavy atom. The first-order chi connectivity index (χ1) is 15.7. The molecule has 0 aromatic heterocycles. The van der Waals surface area contributed by atoms with E-state index in [1.807, 2.05) is 12.1 Å². The van der Waals surface area contributed by atoms with Gasteiger partial charge in [0, 0.05) is 49.5 Å². The molecule has 6 nitrogen and oxygen atoms in total. The van der Waals surface area contributed by atoms with E-state index in [1.165, 1.54) is 16.8 Å². The molecule has 0 atom stereocenters. The fourth-order valence-electron chi connectivity index (χ4n) is 5.45. The maximum Gasteiger partial charge on any atom is 0.252 e. The lowest BCUT2D eigenvalue weighted by Gasteiger charge is -2.37. The molecule has 3 heterocycles. The Bertz CT molecular complexity index is 1020. The highest BCUT2D eigenvalue weighted by Gasteiger charge is 2.52. The van der Waals surface area contributed by atoms with Crippen molar-refractivity contribution in [3.8, 4) is 5.75 Å². The highest BCUT2D eigenvalue weighted by molar-refractivity contribution is 6.01. The van der Waals surface area contributed by atoms with E-state index < -0.39 is 0 Å². The van der Waals surface area contributed by atoms with Gasteiger partial charge < -0.3 is 19.7 Å². The number of carbonyl (C=O) groups excluding carboxylic acids is 1. The minimum Gasteiger partial charge on any atom is -0.494 e. The Labute approximate surface area is 189 Å². The number of benzene rings is 2. The summed E-state index contributed by atoms with van der Waals surface area (Å²) < 4.78 is 11.7. The third kappa shape index (κ3) is 3.65. The van der Waals surface area contributed by atoms with Crippen LogP contribution >= 0.6 is 0 Å². The van der Waals surface area contributed by atoms with Crippen molar-refractivity contribution in [1.29, 1.82) is 0 Å². The first-order valence-electron chi connectivity index (χ1n) is 12.0. The van der Waals surface area contributed by atoms with Gasteiger partial charge in [0.05, 0.1) is 25.4 Å². The minimum absolute atomic E-state index is 0.0482. The third-order valence-electron chi connectivity index (χ3n) is 7.46. The first kappa shape index (κ1) is 20.1. The minimum atomic E-state index is -0.0564. The topological polar surface area (TPSA) is 54.0 Å². The number of fused-ring (bicyclic) bond motifs is 3. The zero-order valence-corrected chi connectivity index (χ0v) is 18.6. The summed E-state index contributed by atoms with van der Waals surface area (Å²) in [6.45, 7) is 7.56. The van der Waals surface area contributed by atoms with Crippen molar-refractivity contribution < 1.29 is 14.3 Å². The number of piperazine rings is 1. The lowest BCUT2D eigenvalue weighted by molar-refractivity contribution is 0.0952. The van der Waals surface area contributed by atoms with Gasteiger partial charge in [0.15, 0.2) is 0 Å². The van der Waals surface area contributed by atoms with E-state index >= 15 is 0 Å². The molecular formula is C26H31N3O3. The number of amides is 1. The van der Waals surface area contributed by atoms with Crippen LogP contribution in [0.4, 0.5) is 5.69 Å². The molecule has 168 valence electrons. The normalized spacial score (nSPS) is 21.2. The van der Waals surface area contributed by atoms with Crippen molar-refractivity contribution in [1.82, 2.24) is 10.2 Å². The molecule has 0 radical (unpaired) electrons. The summed E-state index contributed by atoms with van der Waals surface area (Å²) in [4.78, 5) is 17.3. The number of nitrogens with one attached hydrogen (secondary N) is 1. The maximum absolute atomic E-state index is 12.2. The monoisotopic (exact) mass is 433 g/mol. The zero-order valence-electron chi connectivity index (χ0n) is 18.6. The van der Waals surface area contributed by atoms with Crippen LogP contribution in [0.25, 0.3) is 0 Å². The molecule has 1 saturated carbocycles. The largest absolute Gasteiger partial charge is 0.494 e. The summed E-state index contributed by atoms with van der Waals surface area (Å²) in [5, 5.41) is 3.13. The molecule has 32 heavy (non-hydrogen) atoms. The van der Waals surface area contributed by atoms with E-state index in [4.69, 9.17) is 9.47 Å². The molecule has 4 aliphatic rings. The first-order valence-corrected chi connectivity index (χ1v) is 12.0. The van der Waals surface area contributed by atoms with Crippen LogP contribution < -0.4 is 15.0 Å². The zero-order chi connectivity index (χ0) is 21.5. The summed E-state index contributed by atoms with van der Waals surface area (Å²) in [5.41, 5.74) is 6.09. The number of hydrogen-bond donors (Lipinski definition) is 1. The smallest absolute Gasteiger partial charge is 0.252 e. The van der Waals surface area contributed by atoms with Gasteiger partial charge in [-0.15, -0.1) is 0 Å². The van der Waals surface area contributed by atoms with Crippen LogP contribution in [0.5, 0.6) is 5.75 Å². The molecule has 1 spiro atoms. The van der Waals surface area contributed by atoms with E-state index in [0.29, 0.717) is 6.61 Å². The van der Waals surface area contributed by atoms with Crippen LogP contribution in [-0.4, -0.2) is 56.7 Å². The molecule has 3 aliphatic heterocycles. The molecule has 0 bridgehead atoms. The van der Waals surface area contributed by atoms with E-state index in [-0.39, 0.29) is 11.4 Å². The van der Waals surface area contributed by atoms with Crippen LogP contribution in [-0.2, 0) is 23.3 Å². The predicted octanol–water partition coefficient (Wildman–Crippen LogP) is 3.08. The molecule has 2 aromatic carbocycles. The highest BCUT2D eigenvalue weighted by Crippen LogP contribution is 2.50.